The van der Waals surface area contributed by atoms with E-state index in [1.165, 1.54) is 7.11 Å². The third kappa shape index (κ3) is 7.76. The number of nitrogens with one attached hydrogen (secondary N) is 4. The minimum Gasteiger partial charge on any atom is -0.465 e. The van der Waals surface area contributed by atoms with Crippen LogP contribution in [0.1, 0.15) is 83.5 Å². The zero-order valence-electron chi connectivity index (χ0n) is 30.8. The highest BCUT2D eigenvalue weighted by Gasteiger charge is 2.42. The second-order valence-electron chi connectivity index (χ2n) is 14.3. The lowest BCUT2D eigenvalue weighted by Crippen LogP contribution is -2.57. The Morgan fingerprint density at radius 3 is 1.77 bits per heavy atom. The van der Waals surface area contributed by atoms with Crippen molar-refractivity contribution in [2.75, 3.05) is 20.2 Å². The molecule has 4 atom stereocenters. The zero-order chi connectivity index (χ0) is 37.9. The number of aromatic amines is 2. The van der Waals surface area contributed by atoms with E-state index in [1.54, 1.807) is 36.0 Å². The van der Waals surface area contributed by atoms with Gasteiger partial charge in [0.25, 0.3) is 0 Å². The molecule has 0 radical (unpaired) electrons. The molecule has 0 bridgehead atoms. The van der Waals surface area contributed by atoms with Crippen LogP contribution in [0.3, 0.4) is 0 Å². The fraction of sp³-hybridized carbons (Fsp3) is 0.436. The van der Waals surface area contributed by atoms with Crippen molar-refractivity contribution in [1.29, 1.82) is 0 Å². The first-order valence-electron chi connectivity index (χ1n) is 18.2. The minimum absolute atomic E-state index is 0.107. The molecule has 14 nitrogen and oxygen atoms in total. The van der Waals surface area contributed by atoms with Gasteiger partial charge < -0.3 is 40.2 Å². The summed E-state index contributed by atoms with van der Waals surface area (Å²) >= 11 is 0. The van der Waals surface area contributed by atoms with Gasteiger partial charge in [-0.25, -0.2) is 19.6 Å². The van der Waals surface area contributed by atoms with Crippen LogP contribution in [0.2, 0.25) is 0 Å². The van der Waals surface area contributed by atoms with Gasteiger partial charge in [-0.05, 0) is 67.2 Å². The van der Waals surface area contributed by atoms with Gasteiger partial charge in [0.2, 0.25) is 11.8 Å². The van der Waals surface area contributed by atoms with Crippen molar-refractivity contribution >= 4 is 24.0 Å². The molecular weight excluding hydrogens is 676 g/mol. The second kappa shape index (κ2) is 15.5. The smallest absolute Gasteiger partial charge is 0.407 e. The highest BCUT2D eigenvalue weighted by Crippen LogP contribution is 2.35. The van der Waals surface area contributed by atoms with Crippen LogP contribution in [0, 0.1) is 5.92 Å². The molecular formula is C39H48N8O6. The quantitative estimate of drug-likeness (QED) is 0.120. The normalized spacial score (nSPS) is 18.8. The molecule has 2 fully saturated rings. The van der Waals surface area contributed by atoms with Crippen LogP contribution in [0.25, 0.3) is 33.6 Å². The molecule has 280 valence electrons. The molecule has 1 unspecified atom stereocenters. The van der Waals surface area contributed by atoms with E-state index in [-0.39, 0.29) is 29.8 Å². The number of rotatable bonds is 11. The lowest BCUT2D eigenvalue weighted by atomic mass is 9.96. The van der Waals surface area contributed by atoms with Crippen LogP contribution in [-0.2, 0) is 14.3 Å². The molecule has 2 aromatic carbocycles. The van der Waals surface area contributed by atoms with Crippen molar-refractivity contribution in [1.82, 2.24) is 40.4 Å². The number of nitrogens with zero attached hydrogens (tertiary/aromatic N) is 4. The average Bonchev–Trinajstić information content (AvgIpc) is 3.99. The van der Waals surface area contributed by atoms with E-state index in [9.17, 15) is 24.3 Å². The van der Waals surface area contributed by atoms with Crippen molar-refractivity contribution in [3.63, 3.8) is 0 Å². The number of H-pyrrole nitrogens is 2. The zero-order valence-corrected chi connectivity index (χ0v) is 30.8. The van der Waals surface area contributed by atoms with Crippen molar-refractivity contribution in [2.45, 2.75) is 83.5 Å². The summed E-state index contributed by atoms with van der Waals surface area (Å²) in [5.74, 6) is 0.904. The Morgan fingerprint density at radius 1 is 0.849 bits per heavy atom. The predicted molar refractivity (Wildman–Crippen MR) is 198 cm³/mol. The van der Waals surface area contributed by atoms with E-state index < -0.39 is 23.8 Å². The van der Waals surface area contributed by atoms with E-state index in [0.717, 1.165) is 65.1 Å². The molecule has 2 aliphatic rings. The summed E-state index contributed by atoms with van der Waals surface area (Å²) in [4.78, 5) is 69.9. The van der Waals surface area contributed by atoms with Crippen LogP contribution in [-0.4, -0.2) is 90.6 Å². The maximum Gasteiger partial charge on any atom is 0.407 e. The first-order chi connectivity index (χ1) is 25.4. The number of methoxy groups -OCH3 is 1. The Labute approximate surface area is 308 Å². The average molecular weight is 725 g/mol. The topological polar surface area (TPSA) is 186 Å². The number of likely N-dealkylation sites (tertiary alicyclic amines) is 2. The van der Waals surface area contributed by atoms with Gasteiger partial charge in [-0.1, -0.05) is 69.3 Å². The van der Waals surface area contributed by atoms with Gasteiger partial charge >= 0.3 is 12.2 Å². The summed E-state index contributed by atoms with van der Waals surface area (Å²) < 4.78 is 4.75. The van der Waals surface area contributed by atoms with Crippen molar-refractivity contribution < 1.29 is 29.0 Å². The number of benzene rings is 2. The Morgan fingerprint density at radius 2 is 1.32 bits per heavy atom. The van der Waals surface area contributed by atoms with Gasteiger partial charge in [-0.15, -0.1) is 0 Å². The number of hydrogen-bond donors (Lipinski definition) is 5. The first kappa shape index (κ1) is 37.1. The molecule has 0 spiro atoms. The molecule has 0 aliphatic carbocycles. The monoisotopic (exact) mass is 724 g/mol. The summed E-state index contributed by atoms with van der Waals surface area (Å²) in [6, 6.07) is 15.2. The molecule has 4 heterocycles. The molecule has 4 aromatic rings. The molecule has 53 heavy (non-hydrogen) atoms. The molecule has 4 amide bonds. The minimum atomic E-state index is -1.22. The van der Waals surface area contributed by atoms with Gasteiger partial charge in [0.15, 0.2) is 0 Å². The summed E-state index contributed by atoms with van der Waals surface area (Å²) in [5, 5.41) is 14.4. The van der Waals surface area contributed by atoms with Crippen LogP contribution in [0.4, 0.5) is 9.59 Å². The number of hydrogen-bond acceptors (Lipinski definition) is 7. The standard InChI is InChI=1S/C39H48N8O6/c1-6-39(4,45-37(50)51)36(49)47-20-8-10-31(47)34-41-22-29(43-34)27-17-13-25(14-18-27)24-11-15-26(16-12-24)28-21-40-33(42-28)30-9-7-19-46(30)35(48)32(23(2)3)44-38(52)53-5/h11-18,21-23,30-32,45H,6-10,19-20H2,1-5H3,(H,40,42)(H,41,43)(H,44,52)(H,50,51)/t30?,31-,32-,39+/m0/s1. The highest BCUT2D eigenvalue weighted by atomic mass is 16.5. The number of amides is 4. The number of alkyl carbamates (subject to hydrolysis) is 1. The fourth-order valence-electron chi connectivity index (χ4n) is 7.32. The van der Waals surface area contributed by atoms with Crippen molar-refractivity contribution in [3.8, 4) is 33.6 Å². The largest absolute Gasteiger partial charge is 0.465 e. The number of carbonyl (C=O) groups excluding carboxylic acids is 3. The van der Waals surface area contributed by atoms with Crippen LogP contribution >= 0.6 is 0 Å². The second-order valence-corrected chi connectivity index (χ2v) is 14.3. The van der Waals surface area contributed by atoms with Crippen molar-refractivity contribution in [2.24, 2.45) is 5.92 Å². The van der Waals surface area contributed by atoms with Gasteiger partial charge in [-0.3, -0.25) is 9.59 Å². The molecule has 2 aromatic heterocycles. The van der Waals surface area contributed by atoms with Crippen LogP contribution in [0.5, 0.6) is 0 Å². The number of ether oxygens (including phenoxy) is 1. The van der Waals surface area contributed by atoms with Gasteiger partial charge in [0.1, 0.15) is 23.2 Å². The number of aromatic nitrogens is 4. The molecule has 2 saturated heterocycles. The van der Waals surface area contributed by atoms with E-state index in [0.29, 0.717) is 25.3 Å². The summed E-state index contributed by atoms with van der Waals surface area (Å²) in [6.07, 6.45) is 5.23. The number of imidazole rings is 2. The summed E-state index contributed by atoms with van der Waals surface area (Å²) in [6.45, 7) is 8.35. The van der Waals surface area contributed by atoms with E-state index in [1.807, 2.05) is 38.1 Å². The number of carbonyl (C=O) groups is 4. The Balaban J connectivity index is 1.11. The molecule has 2 aliphatic heterocycles. The van der Waals surface area contributed by atoms with Crippen molar-refractivity contribution in [3.05, 3.63) is 72.6 Å². The van der Waals surface area contributed by atoms with E-state index in [4.69, 9.17) is 4.74 Å². The third-order valence-corrected chi connectivity index (χ3v) is 10.6. The van der Waals surface area contributed by atoms with Gasteiger partial charge in [-0.2, -0.15) is 0 Å². The van der Waals surface area contributed by atoms with E-state index in [2.05, 4.69) is 54.8 Å². The lowest BCUT2D eigenvalue weighted by molar-refractivity contribution is -0.139. The first-order valence-corrected chi connectivity index (χ1v) is 18.2. The number of carboxylic acid groups (broad SMARTS) is 1. The van der Waals surface area contributed by atoms with Gasteiger partial charge in [0, 0.05) is 13.1 Å². The predicted octanol–water partition coefficient (Wildman–Crippen LogP) is 6.28. The Kier molecular flexibility index (Phi) is 10.9. The summed E-state index contributed by atoms with van der Waals surface area (Å²) in [5.41, 5.74) is 4.49. The third-order valence-electron chi connectivity index (χ3n) is 10.6. The SMILES string of the molecule is CC[C@@](C)(NC(=O)O)C(=O)N1CCC[C@H]1c1ncc(-c2ccc(-c3ccc(-c4cnc(C5CCCN5C(=O)[C@@H](NC(=O)OC)C(C)C)[nH]4)cc3)cc2)[nH]1. The van der Waals surface area contributed by atoms with Crippen LogP contribution in [0.15, 0.2) is 60.9 Å². The summed E-state index contributed by atoms with van der Waals surface area (Å²) in [7, 11) is 1.29. The molecule has 0 saturated carbocycles. The highest BCUT2D eigenvalue weighted by molar-refractivity contribution is 5.90. The molecule has 14 heteroatoms. The Bertz CT molecular complexity index is 1940. The fourth-order valence-corrected chi connectivity index (χ4v) is 7.32. The van der Waals surface area contributed by atoms with Crippen LogP contribution < -0.4 is 10.6 Å². The molecule has 5 N–H and O–H groups in total. The Hall–Kier alpha value is -5.66. The van der Waals surface area contributed by atoms with Gasteiger partial charge in [0.05, 0.1) is 43.0 Å². The lowest BCUT2D eigenvalue weighted by Gasteiger charge is -2.34. The maximum atomic E-state index is 13.5. The molecule has 6 rings (SSSR count). The van der Waals surface area contributed by atoms with E-state index >= 15 is 0 Å². The maximum absolute atomic E-state index is 13.5.